The van der Waals surface area contributed by atoms with Crippen LogP contribution in [0.5, 0.6) is 5.88 Å². The van der Waals surface area contributed by atoms with Crippen molar-refractivity contribution < 1.29 is 27.8 Å². The quantitative estimate of drug-likeness (QED) is 0.639. The van der Waals surface area contributed by atoms with Crippen LogP contribution in [0.2, 0.25) is 0 Å². The standard InChI is InChI=1S/C23H27F3N2O3/c1-14-18(20(30)31-21(2,3)4)27-17(28-19(14)29)13-22(11-5-6-12-22)15-7-9-16(10-8-15)23(24,25)26/h7-10H,5-6,11-13H2,1-4H3,(H,27,28,29). The minimum atomic E-state index is -4.39. The molecular formula is C23H27F3N2O3. The summed E-state index contributed by atoms with van der Waals surface area (Å²) in [6.45, 7) is 6.75. The molecule has 0 atom stereocenters. The molecule has 0 unspecified atom stereocenters. The molecule has 0 bridgehead atoms. The molecule has 1 saturated carbocycles. The summed E-state index contributed by atoms with van der Waals surface area (Å²) in [4.78, 5) is 21.1. The van der Waals surface area contributed by atoms with Gasteiger partial charge in [-0.25, -0.2) is 9.78 Å². The SMILES string of the molecule is Cc1c(O)nc(CC2(c3ccc(C(F)(F)F)cc3)CCCC2)nc1C(=O)OC(C)(C)C. The summed E-state index contributed by atoms with van der Waals surface area (Å²) < 4.78 is 44.3. The van der Waals surface area contributed by atoms with E-state index in [1.807, 2.05) is 0 Å². The molecule has 0 saturated heterocycles. The molecule has 0 aliphatic heterocycles. The van der Waals surface area contributed by atoms with E-state index in [2.05, 4.69) is 9.97 Å². The second-order valence-corrected chi connectivity index (χ2v) is 9.18. The maximum Gasteiger partial charge on any atom is 0.416 e. The van der Waals surface area contributed by atoms with Crippen LogP contribution in [0.1, 0.15) is 79.5 Å². The van der Waals surface area contributed by atoms with Gasteiger partial charge in [0.1, 0.15) is 11.4 Å². The van der Waals surface area contributed by atoms with Crippen LogP contribution >= 0.6 is 0 Å². The van der Waals surface area contributed by atoms with Gasteiger partial charge in [-0.1, -0.05) is 25.0 Å². The molecule has 1 aliphatic carbocycles. The maximum atomic E-state index is 13.0. The monoisotopic (exact) mass is 436 g/mol. The number of rotatable bonds is 4. The molecule has 1 aliphatic rings. The zero-order chi connectivity index (χ0) is 23.0. The highest BCUT2D eigenvalue weighted by molar-refractivity contribution is 5.89. The smallest absolute Gasteiger partial charge is 0.416 e. The lowest BCUT2D eigenvalue weighted by atomic mass is 9.75. The van der Waals surface area contributed by atoms with Gasteiger partial charge in [0.15, 0.2) is 5.69 Å². The Morgan fingerprint density at radius 3 is 2.19 bits per heavy atom. The minimum Gasteiger partial charge on any atom is -0.493 e. The van der Waals surface area contributed by atoms with Gasteiger partial charge in [0, 0.05) is 17.4 Å². The first kappa shape index (κ1) is 23.0. The Morgan fingerprint density at radius 2 is 1.68 bits per heavy atom. The van der Waals surface area contributed by atoms with Crippen molar-refractivity contribution in [3.8, 4) is 5.88 Å². The molecule has 1 N–H and O–H groups in total. The minimum absolute atomic E-state index is 0.00186. The number of alkyl halides is 3. The average Bonchev–Trinajstić information content (AvgIpc) is 3.12. The Hall–Kier alpha value is -2.64. The fraction of sp³-hybridized carbons (Fsp3) is 0.522. The Kier molecular flexibility index (Phi) is 6.04. The van der Waals surface area contributed by atoms with Crippen molar-refractivity contribution in [3.05, 3.63) is 52.5 Å². The predicted molar refractivity (Wildman–Crippen MR) is 109 cm³/mol. The van der Waals surface area contributed by atoms with E-state index >= 15 is 0 Å². The van der Waals surface area contributed by atoms with Crippen molar-refractivity contribution in [1.82, 2.24) is 9.97 Å². The van der Waals surface area contributed by atoms with Gasteiger partial charge in [-0.15, -0.1) is 0 Å². The highest BCUT2D eigenvalue weighted by Gasteiger charge is 2.38. The molecule has 3 rings (SSSR count). The fourth-order valence-corrected chi connectivity index (χ4v) is 4.09. The molecule has 5 nitrogen and oxygen atoms in total. The third-order valence-electron chi connectivity index (χ3n) is 5.64. The molecule has 168 valence electrons. The van der Waals surface area contributed by atoms with Crippen LogP contribution in [0, 0.1) is 6.92 Å². The van der Waals surface area contributed by atoms with Crippen LogP contribution in [-0.2, 0) is 22.7 Å². The first-order chi connectivity index (χ1) is 14.3. The van der Waals surface area contributed by atoms with E-state index in [0.717, 1.165) is 43.4 Å². The van der Waals surface area contributed by atoms with Gasteiger partial charge in [0.2, 0.25) is 5.88 Å². The lowest BCUT2D eigenvalue weighted by Crippen LogP contribution is -2.28. The zero-order valence-electron chi connectivity index (χ0n) is 18.1. The van der Waals surface area contributed by atoms with Crippen molar-refractivity contribution in [2.24, 2.45) is 0 Å². The predicted octanol–water partition coefficient (Wildman–Crippen LogP) is 5.52. The number of aromatic hydroxyl groups is 1. The highest BCUT2D eigenvalue weighted by Crippen LogP contribution is 2.44. The number of esters is 1. The molecule has 1 heterocycles. The zero-order valence-corrected chi connectivity index (χ0v) is 18.1. The van der Waals surface area contributed by atoms with Gasteiger partial charge in [0.05, 0.1) is 5.56 Å². The molecule has 2 aromatic rings. The van der Waals surface area contributed by atoms with Crippen molar-refractivity contribution in [1.29, 1.82) is 0 Å². The van der Waals surface area contributed by atoms with Crippen LogP contribution < -0.4 is 0 Å². The third-order valence-corrected chi connectivity index (χ3v) is 5.64. The number of carbonyl (C=O) groups is 1. The van der Waals surface area contributed by atoms with Gasteiger partial charge >= 0.3 is 12.1 Å². The van der Waals surface area contributed by atoms with Crippen molar-refractivity contribution in [2.45, 2.75) is 77.0 Å². The summed E-state index contributed by atoms with van der Waals surface area (Å²) in [5.74, 6) is -0.684. The van der Waals surface area contributed by atoms with Gasteiger partial charge in [-0.3, -0.25) is 0 Å². The fourth-order valence-electron chi connectivity index (χ4n) is 4.09. The Labute approximate surface area is 179 Å². The van der Waals surface area contributed by atoms with E-state index in [1.165, 1.54) is 12.1 Å². The summed E-state index contributed by atoms with van der Waals surface area (Å²) in [5, 5.41) is 10.3. The summed E-state index contributed by atoms with van der Waals surface area (Å²) >= 11 is 0. The second kappa shape index (κ2) is 8.13. The maximum absolute atomic E-state index is 13.0. The first-order valence-corrected chi connectivity index (χ1v) is 10.3. The van der Waals surface area contributed by atoms with Crippen LogP contribution in [0.25, 0.3) is 0 Å². The average molecular weight is 436 g/mol. The number of aromatic nitrogens is 2. The summed E-state index contributed by atoms with van der Waals surface area (Å²) in [7, 11) is 0. The topological polar surface area (TPSA) is 72.3 Å². The number of hydrogen-bond acceptors (Lipinski definition) is 5. The number of benzene rings is 1. The number of ether oxygens (including phenoxy) is 1. The highest BCUT2D eigenvalue weighted by atomic mass is 19.4. The molecule has 1 aromatic heterocycles. The second-order valence-electron chi connectivity index (χ2n) is 9.18. The van der Waals surface area contributed by atoms with Crippen LogP contribution in [0.4, 0.5) is 13.2 Å². The molecule has 1 fully saturated rings. The van der Waals surface area contributed by atoms with Crippen molar-refractivity contribution >= 4 is 5.97 Å². The van der Waals surface area contributed by atoms with E-state index in [9.17, 15) is 23.1 Å². The van der Waals surface area contributed by atoms with Gasteiger partial charge < -0.3 is 9.84 Å². The summed E-state index contributed by atoms with van der Waals surface area (Å²) in [6, 6.07) is 5.21. The molecule has 0 spiro atoms. The first-order valence-electron chi connectivity index (χ1n) is 10.3. The van der Waals surface area contributed by atoms with Gasteiger partial charge in [0.25, 0.3) is 0 Å². The third kappa shape index (κ3) is 5.17. The largest absolute Gasteiger partial charge is 0.493 e. The van der Waals surface area contributed by atoms with Crippen LogP contribution in [0.3, 0.4) is 0 Å². The molecular weight excluding hydrogens is 409 g/mol. The van der Waals surface area contributed by atoms with Crippen molar-refractivity contribution in [3.63, 3.8) is 0 Å². The molecule has 8 heteroatoms. The Morgan fingerprint density at radius 1 is 1.10 bits per heavy atom. The van der Waals surface area contributed by atoms with Gasteiger partial charge in [-0.05, 0) is 58.2 Å². The Bertz CT molecular complexity index is 958. The van der Waals surface area contributed by atoms with Gasteiger partial charge in [-0.2, -0.15) is 18.2 Å². The molecule has 1 aromatic carbocycles. The summed E-state index contributed by atoms with van der Waals surface area (Å²) in [6.07, 6.45) is -0.705. The van der Waals surface area contributed by atoms with E-state index < -0.39 is 28.7 Å². The van der Waals surface area contributed by atoms with Crippen LogP contribution in [-0.4, -0.2) is 26.6 Å². The molecule has 31 heavy (non-hydrogen) atoms. The molecule has 0 amide bonds. The van der Waals surface area contributed by atoms with Crippen LogP contribution in [0.15, 0.2) is 24.3 Å². The normalized spacial score (nSPS) is 16.4. The molecule has 0 radical (unpaired) electrons. The number of hydrogen-bond donors (Lipinski definition) is 1. The van der Waals surface area contributed by atoms with Crippen molar-refractivity contribution in [2.75, 3.05) is 0 Å². The Balaban J connectivity index is 1.96. The van der Waals surface area contributed by atoms with E-state index in [-0.39, 0.29) is 23.0 Å². The number of halogens is 3. The number of carbonyl (C=O) groups excluding carboxylic acids is 1. The summed E-state index contributed by atoms with van der Waals surface area (Å²) in [5.41, 5.74) is -0.860. The lowest BCUT2D eigenvalue weighted by molar-refractivity contribution is -0.137. The van der Waals surface area contributed by atoms with E-state index in [0.29, 0.717) is 6.42 Å². The lowest BCUT2D eigenvalue weighted by Gasteiger charge is -2.29. The number of nitrogens with zero attached hydrogens (tertiary/aromatic N) is 2. The van der Waals surface area contributed by atoms with E-state index in [4.69, 9.17) is 4.74 Å². The van der Waals surface area contributed by atoms with E-state index in [1.54, 1.807) is 27.7 Å².